The van der Waals surface area contributed by atoms with Gasteiger partial charge in [-0.1, -0.05) is 36.4 Å². The number of nitrogens with one attached hydrogen (secondary N) is 1. The largest absolute Gasteiger partial charge is 0.497 e. The van der Waals surface area contributed by atoms with E-state index >= 15 is 0 Å². The van der Waals surface area contributed by atoms with Crippen LogP contribution in [0.4, 0.5) is 0 Å². The molecule has 40 heavy (non-hydrogen) atoms. The van der Waals surface area contributed by atoms with Crippen molar-refractivity contribution in [3.8, 4) is 5.75 Å². The van der Waals surface area contributed by atoms with Crippen LogP contribution in [0.2, 0.25) is 0 Å². The molecule has 1 unspecified atom stereocenters. The number of methoxy groups -OCH3 is 1. The fourth-order valence-corrected chi connectivity index (χ4v) is 5.76. The van der Waals surface area contributed by atoms with Gasteiger partial charge in [-0.15, -0.1) is 0 Å². The highest BCUT2D eigenvalue weighted by Gasteiger charge is 2.35. The molecule has 2 atom stereocenters. The molecule has 2 fully saturated rings. The Bertz CT molecular complexity index is 1490. The lowest BCUT2D eigenvalue weighted by atomic mass is 10.1. The number of ether oxygens (including phenoxy) is 2. The van der Waals surface area contributed by atoms with E-state index in [0.717, 1.165) is 79.0 Å². The molecule has 208 valence electrons. The van der Waals surface area contributed by atoms with Crippen LogP contribution in [-0.2, 0) is 16.1 Å². The summed E-state index contributed by atoms with van der Waals surface area (Å²) in [6.45, 7) is 6.99. The Morgan fingerprint density at radius 1 is 1.18 bits per heavy atom. The van der Waals surface area contributed by atoms with Gasteiger partial charge in [0.2, 0.25) is 5.91 Å². The van der Waals surface area contributed by atoms with Crippen molar-refractivity contribution in [2.24, 2.45) is 5.92 Å². The van der Waals surface area contributed by atoms with Gasteiger partial charge in [-0.2, -0.15) is 0 Å². The highest BCUT2D eigenvalue weighted by molar-refractivity contribution is 5.82. The van der Waals surface area contributed by atoms with E-state index in [-0.39, 0.29) is 18.5 Å². The van der Waals surface area contributed by atoms with Gasteiger partial charge in [0.25, 0.3) is 0 Å². The highest BCUT2D eigenvalue weighted by Crippen LogP contribution is 2.28. The number of aryl methyl sites for hydroxylation is 1. The standard InChI is InChI=1S/C31H36N6O3/c1-22-33-27-11-10-26(39-2)16-28(27)37(22)20-30(38)36-14-13-35(18-24-12-15-40-21-24)19-29(36)31-32-17-25(34-31)9-8-23-6-4-3-5-7-23/h3-11,16-17,24,29H,12-15,18-21H2,1-2H3,(H,32,34)/b9-8+/t24?,29-/m0/s1. The van der Waals surface area contributed by atoms with Gasteiger partial charge in [0, 0.05) is 38.9 Å². The summed E-state index contributed by atoms with van der Waals surface area (Å²) in [7, 11) is 1.65. The minimum atomic E-state index is -0.174. The fourth-order valence-electron chi connectivity index (χ4n) is 5.76. The molecule has 9 heteroatoms. The smallest absolute Gasteiger partial charge is 0.243 e. The first-order valence-electron chi connectivity index (χ1n) is 14.0. The zero-order valence-corrected chi connectivity index (χ0v) is 23.1. The number of imidazole rings is 2. The van der Waals surface area contributed by atoms with Crippen LogP contribution in [0.5, 0.6) is 5.75 Å². The normalized spacial score (nSPS) is 20.1. The van der Waals surface area contributed by atoms with Crippen molar-refractivity contribution in [2.45, 2.75) is 25.9 Å². The Kier molecular flexibility index (Phi) is 7.66. The number of aromatic nitrogens is 4. The molecule has 0 saturated carbocycles. The number of hydrogen-bond donors (Lipinski definition) is 1. The summed E-state index contributed by atoms with van der Waals surface area (Å²) in [5.74, 6) is 2.95. The van der Waals surface area contributed by atoms with Crippen LogP contribution in [0.3, 0.4) is 0 Å². The molecule has 0 bridgehead atoms. The summed E-state index contributed by atoms with van der Waals surface area (Å²) in [4.78, 5) is 31.3. The van der Waals surface area contributed by atoms with Crippen molar-refractivity contribution in [3.05, 3.63) is 77.6 Å². The van der Waals surface area contributed by atoms with E-state index in [1.165, 1.54) is 0 Å². The topological polar surface area (TPSA) is 88.5 Å². The summed E-state index contributed by atoms with van der Waals surface area (Å²) in [6.07, 6.45) is 7.04. The third kappa shape index (κ3) is 5.66. The SMILES string of the molecule is COc1ccc2nc(C)n(CC(=O)N3CCN(CC4CCOC4)C[C@H]3c3ncc(/C=C/c4ccccc4)[nH]3)c2c1. The van der Waals surface area contributed by atoms with Crippen molar-refractivity contribution < 1.29 is 14.3 Å². The average molecular weight is 541 g/mol. The zero-order valence-electron chi connectivity index (χ0n) is 23.1. The number of H-pyrrole nitrogens is 1. The van der Waals surface area contributed by atoms with E-state index in [1.807, 2.05) is 65.1 Å². The first-order chi connectivity index (χ1) is 19.6. The van der Waals surface area contributed by atoms with Crippen molar-refractivity contribution in [3.63, 3.8) is 0 Å². The zero-order chi connectivity index (χ0) is 27.5. The second kappa shape index (κ2) is 11.7. The minimum Gasteiger partial charge on any atom is -0.497 e. The first kappa shape index (κ1) is 26.3. The number of aromatic amines is 1. The van der Waals surface area contributed by atoms with Crippen LogP contribution in [0.1, 0.15) is 35.4 Å². The third-order valence-corrected chi connectivity index (χ3v) is 7.95. The summed E-state index contributed by atoms with van der Waals surface area (Å²) in [6, 6.07) is 15.8. The van der Waals surface area contributed by atoms with Crippen LogP contribution >= 0.6 is 0 Å². The quantitative estimate of drug-likeness (QED) is 0.361. The monoisotopic (exact) mass is 540 g/mol. The summed E-state index contributed by atoms with van der Waals surface area (Å²) >= 11 is 0. The van der Waals surface area contributed by atoms with Crippen molar-refractivity contribution in [1.29, 1.82) is 0 Å². The number of carbonyl (C=O) groups excluding carboxylic acids is 1. The molecule has 2 saturated heterocycles. The number of carbonyl (C=O) groups is 1. The Balaban J connectivity index is 1.25. The molecule has 6 rings (SSSR count). The van der Waals surface area contributed by atoms with E-state index in [0.29, 0.717) is 12.5 Å². The third-order valence-electron chi connectivity index (χ3n) is 7.95. The maximum atomic E-state index is 13.9. The van der Waals surface area contributed by atoms with Gasteiger partial charge in [0.15, 0.2) is 0 Å². The lowest BCUT2D eigenvalue weighted by Gasteiger charge is -2.41. The lowest BCUT2D eigenvalue weighted by Crippen LogP contribution is -2.52. The molecular formula is C31H36N6O3. The van der Waals surface area contributed by atoms with Gasteiger partial charge in [0.05, 0.1) is 36.6 Å². The van der Waals surface area contributed by atoms with Crippen molar-refractivity contribution in [2.75, 3.05) is 46.5 Å². The Hall–Kier alpha value is -3.95. The summed E-state index contributed by atoms with van der Waals surface area (Å²) in [5, 5.41) is 0. The number of nitrogens with zero attached hydrogens (tertiary/aromatic N) is 5. The average Bonchev–Trinajstić information content (AvgIpc) is 3.73. The molecule has 2 aromatic heterocycles. The van der Waals surface area contributed by atoms with Gasteiger partial charge in [-0.05, 0) is 43.0 Å². The summed E-state index contributed by atoms with van der Waals surface area (Å²) < 4.78 is 13.0. The van der Waals surface area contributed by atoms with Gasteiger partial charge in [-0.25, -0.2) is 9.97 Å². The van der Waals surface area contributed by atoms with Crippen molar-refractivity contribution in [1.82, 2.24) is 29.3 Å². The van der Waals surface area contributed by atoms with E-state index in [1.54, 1.807) is 7.11 Å². The van der Waals surface area contributed by atoms with E-state index in [9.17, 15) is 4.79 Å². The van der Waals surface area contributed by atoms with Crippen LogP contribution in [0.15, 0.2) is 54.7 Å². The molecule has 4 aromatic rings. The maximum absolute atomic E-state index is 13.9. The maximum Gasteiger partial charge on any atom is 0.243 e. The number of benzene rings is 2. The van der Waals surface area contributed by atoms with E-state index in [2.05, 4.69) is 33.1 Å². The number of piperazine rings is 1. The van der Waals surface area contributed by atoms with Gasteiger partial charge >= 0.3 is 0 Å². The highest BCUT2D eigenvalue weighted by atomic mass is 16.5. The van der Waals surface area contributed by atoms with Gasteiger partial charge in [-0.3, -0.25) is 9.69 Å². The first-order valence-corrected chi connectivity index (χ1v) is 14.0. The van der Waals surface area contributed by atoms with Gasteiger partial charge in [0.1, 0.15) is 30.0 Å². The molecule has 0 radical (unpaired) electrons. The summed E-state index contributed by atoms with van der Waals surface area (Å²) in [5.41, 5.74) is 3.79. The molecule has 0 aliphatic carbocycles. The second-order valence-electron chi connectivity index (χ2n) is 10.7. The fraction of sp³-hybridized carbons (Fsp3) is 0.387. The molecule has 2 aliphatic heterocycles. The molecule has 0 spiro atoms. The molecule has 4 heterocycles. The molecule has 2 aromatic carbocycles. The predicted molar refractivity (Wildman–Crippen MR) is 155 cm³/mol. The Morgan fingerprint density at radius 2 is 2.05 bits per heavy atom. The van der Waals surface area contributed by atoms with Crippen molar-refractivity contribution >= 4 is 29.1 Å². The predicted octanol–water partition coefficient (Wildman–Crippen LogP) is 4.17. The van der Waals surface area contributed by atoms with Crippen LogP contribution < -0.4 is 4.74 Å². The van der Waals surface area contributed by atoms with Crippen LogP contribution in [0.25, 0.3) is 23.2 Å². The van der Waals surface area contributed by atoms with E-state index in [4.69, 9.17) is 14.5 Å². The molecular weight excluding hydrogens is 504 g/mol. The van der Waals surface area contributed by atoms with Crippen LogP contribution in [0, 0.1) is 12.8 Å². The minimum absolute atomic E-state index is 0.0526. The number of amides is 1. The van der Waals surface area contributed by atoms with Gasteiger partial charge < -0.3 is 23.9 Å². The Morgan fingerprint density at radius 3 is 2.85 bits per heavy atom. The molecule has 9 nitrogen and oxygen atoms in total. The van der Waals surface area contributed by atoms with E-state index < -0.39 is 0 Å². The lowest BCUT2D eigenvalue weighted by molar-refractivity contribution is -0.137. The number of fused-ring (bicyclic) bond motifs is 1. The number of rotatable bonds is 8. The molecule has 1 amide bonds. The molecule has 1 N–H and O–H groups in total. The van der Waals surface area contributed by atoms with Crippen LogP contribution in [-0.4, -0.2) is 81.7 Å². The number of hydrogen-bond acceptors (Lipinski definition) is 6. The Labute approximate surface area is 234 Å². The molecule has 2 aliphatic rings. The second-order valence-corrected chi connectivity index (χ2v) is 10.7.